The molecule has 1 amide bonds. The Kier molecular flexibility index (Phi) is 5.64. The summed E-state index contributed by atoms with van der Waals surface area (Å²) in [6, 6.07) is 7.47. The van der Waals surface area contributed by atoms with E-state index in [0.717, 1.165) is 18.5 Å². The summed E-state index contributed by atoms with van der Waals surface area (Å²) in [5, 5.41) is 2.95. The number of anilines is 1. The van der Waals surface area contributed by atoms with E-state index in [1.807, 2.05) is 43.3 Å². The van der Waals surface area contributed by atoms with Gasteiger partial charge in [-0.05, 0) is 43.0 Å². The third-order valence-corrected chi connectivity index (χ3v) is 5.54. The van der Waals surface area contributed by atoms with Crippen molar-refractivity contribution in [1.82, 2.24) is 9.62 Å². The standard InChI is InChI=1S/C16H25N3O3S/c1-18(2)15-6-4-14(5-7-15)16(20)17-12-13-8-10-19(11-9-13)23(3,21)22/h4-7,13H,8-12H2,1-3H3,(H,17,20). The van der Waals surface area contributed by atoms with Crippen LogP contribution < -0.4 is 10.2 Å². The van der Waals surface area contributed by atoms with Gasteiger partial charge in [0.05, 0.1) is 6.26 Å². The molecule has 0 saturated carbocycles. The Balaban J connectivity index is 1.81. The lowest BCUT2D eigenvalue weighted by Crippen LogP contribution is -2.41. The average Bonchev–Trinajstić information content (AvgIpc) is 2.52. The SMILES string of the molecule is CN(C)c1ccc(C(=O)NCC2CCN(S(C)(=O)=O)CC2)cc1. The van der Waals surface area contributed by atoms with Gasteiger partial charge in [-0.15, -0.1) is 0 Å². The summed E-state index contributed by atoms with van der Waals surface area (Å²) in [5.74, 6) is 0.249. The summed E-state index contributed by atoms with van der Waals surface area (Å²) in [6.07, 6.45) is 2.81. The molecule has 7 heteroatoms. The molecule has 0 aliphatic carbocycles. The van der Waals surface area contributed by atoms with Gasteiger partial charge in [-0.2, -0.15) is 0 Å². The number of piperidine rings is 1. The maximum Gasteiger partial charge on any atom is 0.251 e. The van der Waals surface area contributed by atoms with Crippen LogP contribution in [0.1, 0.15) is 23.2 Å². The van der Waals surface area contributed by atoms with Crippen molar-refractivity contribution in [1.29, 1.82) is 0 Å². The van der Waals surface area contributed by atoms with Gasteiger partial charge in [0.15, 0.2) is 0 Å². The topological polar surface area (TPSA) is 69.7 Å². The van der Waals surface area contributed by atoms with Crippen molar-refractivity contribution in [3.63, 3.8) is 0 Å². The van der Waals surface area contributed by atoms with Crippen molar-refractivity contribution in [3.05, 3.63) is 29.8 Å². The molecule has 1 aromatic carbocycles. The number of rotatable bonds is 5. The maximum absolute atomic E-state index is 12.2. The van der Waals surface area contributed by atoms with E-state index < -0.39 is 10.0 Å². The van der Waals surface area contributed by atoms with Gasteiger partial charge in [0.25, 0.3) is 5.91 Å². The third kappa shape index (κ3) is 4.94. The highest BCUT2D eigenvalue weighted by atomic mass is 32.2. The lowest BCUT2D eigenvalue weighted by molar-refractivity contribution is 0.0941. The van der Waals surface area contributed by atoms with Crippen molar-refractivity contribution in [3.8, 4) is 0 Å². The number of hydrogen-bond donors (Lipinski definition) is 1. The van der Waals surface area contributed by atoms with Crippen molar-refractivity contribution >= 4 is 21.6 Å². The van der Waals surface area contributed by atoms with Crippen molar-refractivity contribution < 1.29 is 13.2 Å². The molecule has 0 radical (unpaired) electrons. The zero-order valence-electron chi connectivity index (χ0n) is 13.9. The first-order valence-corrected chi connectivity index (χ1v) is 9.63. The fourth-order valence-electron chi connectivity index (χ4n) is 2.70. The summed E-state index contributed by atoms with van der Waals surface area (Å²) in [6.45, 7) is 1.67. The first-order valence-electron chi connectivity index (χ1n) is 7.78. The second-order valence-corrected chi connectivity index (χ2v) is 8.24. The number of benzene rings is 1. The minimum Gasteiger partial charge on any atom is -0.378 e. The van der Waals surface area contributed by atoms with Crippen LogP contribution in [0.15, 0.2) is 24.3 Å². The molecule has 0 aromatic heterocycles. The molecule has 1 aliphatic rings. The highest BCUT2D eigenvalue weighted by molar-refractivity contribution is 7.88. The van der Waals surface area contributed by atoms with E-state index in [9.17, 15) is 13.2 Å². The number of sulfonamides is 1. The molecule has 1 saturated heterocycles. The molecule has 1 aromatic rings. The van der Waals surface area contributed by atoms with E-state index in [-0.39, 0.29) is 5.91 Å². The van der Waals surface area contributed by atoms with E-state index >= 15 is 0 Å². The van der Waals surface area contributed by atoms with Gasteiger partial charge in [0, 0.05) is 45.0 Å². The molecule has 0 atom stereocenters. The number of hydrogen-bond acceptors (Lipinski definition) is 4. The van der Waals surface area contributed by atoms with E-state index in [0.29, 0.717) is 31.1 Å². The summed E-state index contributed by atoms with van der Waals surface area (Å²) in [7, 11) is 0.820. The normalized spacial score (nSPS) is 17.0. The van der Waals surface area contributed by atoms with Crippen LogP contribution in [0.4, 0.5) is 5.69 Å². The number of nitrogens with one attached hydrogen (secondary N) is 1. The Bertz CT molecular complexity index is 633. The van der Waals surface area contributed by atoms with E-state index in [4.69, 9.17) is 0 Å². The maximum atomic E-state index is 12.2. The van der Waals surface area contributed by atoms with Gasteiger partial charge >= 0.3 is 0 Å². The van der Waals surface area contributed by atoms with Crippen LogP contribution >= 0.6 is 0 Å². The minimum atomic E-state index is -3.09. The first kappa shape index (κ1) is 17.7. The van der Waals surface area contributed by atoms with Crippen LogP contribution in [-0.4, -0.2) is 58.6 Å². The Morgan fingerprint density at radius 1 is 1.22 bits per heavy atom. The molecule has 1 N–H and O–H groups in total. The molecule has 2 rings (SSSR count). The first-order chi connectivity index (χ1) is 10.8. The minimum absolute atomic E-state index is 0.0825. The van der Waals surface area contributed by atoms with Gasteiger partial charge < -0.3 is 10.2 Å². The van der Waals surface area contributed by atoms with Crippen LogP contribution in [0.5, 0.6) is 0 Å². The third-order valence-electron chi connectivity index (χ3n) is 4.24. The van der Waals surface area contributed by atoms with Crippen molar-refractivity contribution in [2.75, 3.05) is 44.9 Å². The average molecular weight is 339 g/mol. The molecular weight excluding hydrogens is 314 g/mol. The summed E-state index contributed by atoms with van der Waals surface area (Å²) in [4.78, 5) is 14.1. The molecule has 0 spiro atoms. The van der Waals surface area contributed by atoms with Crippen molar-refractivity contribution in [2.24, 2.45) is 5.92 Å². The van der Waals surface area contributed by atoms with Crippen LogP contribution in [0.3, 0.4) is 0 Å². The fraction of sp³-hybridized carbons (Fsp3) is 0.562. The molecule has 23 heavy (non-hydrogen) atoms. The molecule has 1 heterocycles. The summed E-state index contributed by atoms with van der Waals surface area (Å²) in [5.41, 5.74) is 1.69. The molecule has 1 aliphatic heterocycles. The molecular formula is C16H25N3O3S. The largest absolute Gasteiger partial charge is 0.378 e. The van der Waals surface area contributed by atoms with Gasteiger partial charge in [0.1, 0.15) is 0 Å². The van der Waals surface area contributed by atoms with E-state index in [1.165, 1.54) is 10.6 Å². The lowest BCUT2D eigenvalue weighted by Gasteiger charge is -2.30. The smallest absolute Gasteiger partial charge is 0.251 e. The van der Waals surface area contributed by atoms with Gasteiger partial charge in [-0.1, -0.05) is 0 Å². The van der Waals surface area contributed by atoms with Gasteiger partial charge in [0.2, 0.25) is 10.0 Å². The second-order valence-electron chi connectivity index (χ2n) is 6.26. The Labute approximate surface area is 138 Å². The Morgan fingerprint density at radius 3 is 2.26 bits per heavy atom. The van der Waals surface area contributed by atoms with Gasteiger partial charge in [-0.25, -0.2) is 12.7 Å². The van der Waals surface area contributed by atoms with Crippen molar-refractivity contribution in [2.45, 2.75) is 12.8 Å². The summed E-state index contributed by atoms with van der Waals surface area (Å²) >= 11 is 0. The van der Waals surface area contributed by atoms with E-state index in [1.54, 1.807) is 0 Å². The number of carbonyl (C=O) groups excluding carboxylic acids is 1. The molecule has 6 nitrogen and oxygen atoms in total. The Morgan fingerprint density at radius 2 is 1.78 bits per heavy atom. The predicted octanol–water partition coefficient (Wildman–Crippen LogP) is 1.15. The summed E-state index contributed by atoms with van der Waals surface area (Å²) < 4.78 is 24.4. The monoisotopic (exact) mass is 339 g/mol. The highest BCUT2D eigenvalue weighted by Gasteiger charge is 2.25. The Hall–Kier alpha value is -1.60. The fourth-order valence-corrected chi connectivity index (χ4v) is 3.57. The number of carbonyl (C=O) groups is 1. The van der Waals surface area contributed by atoms with Crippen LogP contribution in [-0.2, 0) is 10.0 Å². The molecule has 1 fully saturated rings. The number of amides is 1. The van der Waals surface area contributed by atoms with Crippen LogP contribution in [0.25, 0.3) is 0 Å². The van der Waals surface area contributed by atoms with Crippen LogP contribution in [0, 0.1) is 5.92 Å². The predicted molar refractivity (Wildman–Crippen MR) is 92.2 cm³/mol. The molecule has 0 unspecified atom stereocenters. The lowest BCUT2D eigenvalue weighted by atomic mass is 9.98. The van der Waals surface area contributed by atoms with Crippen LogP contribution in [0.2, 0.25) is 0 Å². The highest BCUT2D eigenvalue weighted by Crippen LogP contribution is 2.18. The zero-order valence-corrected chi connectivity index (χ0v) is 14.8. The molecule has 0 bridgehead atoms. The number of nitrogens with zero attached hydrogens (tertiary/aromatic N) is 2. The van der Waals surface area contributed by atoms with E-state index in [2.05, 4.69) is 5.32 Å². The second kappa shape index (κ2) is 7.31. The zero-order chi connectivity index (χ0) is 17.0. The quantitative estimate of drug-likeness (QED) is 0.874. The van der Waals surface area contributed by atoms with Gasteiger partial charge in [-0.3, -0.25) is 4.79 Å². The molecule has 128 valence electrons.